The summed E-state index contributed by atoms with van der Waals surface area (Å²) in [5.74, 6) is 0.522. The van der Waals surface area contributed by atoms with Gasteiger partial charge in [-0.15, -0.1) is 0 Å². The van der Waals surface area contributed by atoms with E-state index in [0.717, 1.165) is 24.9 Å². The molecule has 2 nitrogen and oxygen atoms in total. The Hall–Kier alpha value is -1.09. The second kappa shape index (κ2) is 5.05. The van der Waals surface area contributed by atoms with Gasteiger partial charge in [0.15, 0.2) is 0 Å². The molecule has 3 heteroatoms. The number of hydrogen-bond acceptors (Lipinski definition) is 2. The second-order valence-corrected chi connectivity index (χ2v) is 4.62. The van der Waals surface area contributed by atoms with Crippen molar-refractivity contribution < 1.29 is 9.13 Å². The fourth-order valence-corrected chi connectivity index (χ4v) is 2.43. The smallest absolute Gasteiger partial charge is 0.129 e. The zero-order valence-corrected chi connectivity index (χ0v) is 10.7. The first kappa shape index (κ1) is 12.4. The minimum absolute atomic E-state index is 0.135. The molecular weight excluding hydrogens is 217 g/mol. The van der Waals surface area contributed by atoms with Crippen LogP contribution in [0.5, 0.6) is 5.75 Å². The molecule has 0 amide bonds. The molecule has 2 atom stereocenters. The summed E-state index contributed by atoms with van der Waals surface area (Å²) < 4.78 is 19.3. The van der Waals surface area contributed by atoms with E-state index in [1.807, 2.05) is 6.07 Å². The lowest BCUT2D eigenvalue weighted by atomic mass is 9.99. The van der Waals surface area contributed by atoms with Crippen LogP contribution in [-0.4, -0.2) is 12.6 Å². The Morgan fingerprint density at radius 3 is 2.76 bits per heavy atom. The molecule has 17 heavy (non-hydrogen) atoms. The minimum Gasteiger partial charge on any atom is -0.488 e. The number of hydrogen-bond donors (Lipinski definition) is 1. The number of likely N-dealkylation sites (N-methyl/N-ethyl adjacent to an activating group) is 1. The first-order valence-electron chi connectivity index (χ1n) is 6.37. The molecule has 0 fully saturated rings. The number of benzene rings is 1. The maximum Gasteiger partial charge on any atom is 0.129 e. The summed E-state index contributed by atoms with van der Waals surface area (Å²) in [7, 11) is 0. The average Bonchev–Trinajstić information content (AvgIpc) is 2.59. The van der Waals surface area contributed by atoms with Gasteiger partial charge in [0.25, 0.3) is 0 Å². The fourth-order valence-electron chi connectivity index (χ4n) is 2.43. The minimum atomic E-state index is -0.184. The molecule has 0 aromatic heterocycles. The van der Waals surface area contributed by atoms with Crippen molar-refractivity contribution in [1.82, 2.24) is 5.32 Å². The molecular formula is C14H20FNO. The number of nitrogens with one attached hydrogen (secondary N) is 1. The molecule has 1 aromatic carbocycles. The molecule has 0 radical (unpaired) electrons. The first-order valence-corrected chi connectivity index (χ1v) is 6.37. The van der Waals surface area contributed by atoms with E-state index < -0.39 is 0 Å². The molecule has 1 aliphatic heterocycles. The summed E-state index contributed by atoms with van der Waals surface area (Å²) in [6.45, 7) is 6.91. The Morgan fingerprint density at radius 2 is 2.12 bits per heavy atom. The topological polar surface area (TPSA) is 21.3 Å². The first-order chi connectivity index (χ1) is 8.17. The van der Waals surface area contributed by atoms with Crippen LogP contribution in [-0.2, 0) is 0 Å². The van der Waals surface area contributed by atoms with Crippen molar-refractivity contribution in [2.24, 2.45) is 0 Å². The van der Waals surface area contributed by atoms with Crippen molar-refractivity contribution in [3.8, 4) is 5.75 Å². The van der Waals surface area contributed by atoms with E-state index in [4.69, 9.17) is 4.74 Å². The molecule has 0 aliphatic carbocycles. The van der Waals surface area contributed by atoms with Gasteiger partial charge < -0.3 is 10.1 Å². The lowest BCUT2D eigenvalue weighted by Gasteiger charge is -2.19. The van der Waals surface area contributed by atoms with Crippen LogP contribution < -0.4 is 10.1 Å². The number of halogens is 1. The maximum absolute atomic E-state index is 13.5. The molecule has 94 valence electrons. The van der Waals surface area contributed by atoms with Gasteiger partial charge in [-0.1, -0.05) is 20.3 Å². The van der Waals surface area contributed by atoms with Gasteiger partial charge in [0.05, 0.1) is 6.04 Å². The molecule has 1 N–H and O–H groups in total. The Morgan fingerprint density at radius 1 is 1.35 bits per heavy atom. The van der Waals surface area contributed by atoms with Crippen molar-refractivity contribution >= 4 is 0 Å². The van der Waals surface area contributed by atoms with Crippen molar-refractivity contribution in [2.75, 3.05) is 6.54 Å². The van der Waals surface area contributed by atoms with Crippen molar-refractivity contribution in [3.63, 3.8) is 0 Å². The highest BCUT2D eigenvalue weighted by Gasteiger charge is 2.33. The summed E-state index contributed by atoms with van der Waals surface area (Å²) in [5.41, 5.74) is 1.79. The average molecular weight is 237 g/mol. The summed E-state index contributed by atoms with van der Waals surface area (Å²) >= 11 is 0. The van der Waals surface area contributed by atoms with Gasteiger partial charge >= 0.3 is 0 Å². The van der Waals surface area contributed by atoms with Gasteiger partial charge in [-0.2, -0.15) is 0 Å². The molecule has 1 aliphatic rings. The molecule has 1 heterocycles. The van der Waals surface area contributed by atoms with Gasteiger partial charge in [-0.05, 0) is 31.5 Å². The van der Waals surface area contributed by atoms with Gasteiger partial charge in [0, 0.05) is 11.6 Å². The van der Waals surface area contributed by atoms with Gasteiger partial charge in [-0.3, -0.25) is 0 Å². The SMILES string of the molecule is CCCC1Oc2cc(F)c(C)cc2C1NCC. The molecule has 2 rings (SSSR count). The Bertz CT molecular complexity index is 405. The highest BCUT2D eigenvalue weighted by Crippen LogP contribution is 2.39. The number of rotatable bonds is 4. The van der Waals surface area contributed by atoms with Crippen LogP contribution in [0.4, 0.5) is 4.39 Å². The normalized spacial score (nSPS) is 22.4. The summed E-state index contributed by atoms with van der Waals surface area (Å²) in [6.07, 6.45) is 2.20. The van der Waals surface area contributed by atoms with Crippen LogP contribution in [0.25, 0.3) is 0 Å². The third-order valence-corrected chi connectivity index (χ3v) is 3.27. The van der Waals surface area contributed by atoms with Crippen LogP contribution in [0.3, 0.4) is 0 Å². The quantitative estimate of drug-likeness (QED) is 0.867. The summed E-state index contributed by atoms with van der Waals surface area (Å²) in [5, 5.41) is 3.43. The van der Waals surface area contributed by atoms with Gasteiger partial charge in [0.1, 0.15) is 17.7 Å². The maximum atomic E-state index is 13.5. The zero-order valence-electron chi connectivity index (χ0n) is 10.7. The second-order valence-electron chi connectivity index (χ2n) is 4.62. The monoisotopic (exact) mass is 237 g/mol. The molecule has 0 saturated carbocycles. The van der Waals surface area contributed by atoms with Crippen molar-refractivity contribution in [3.05, 3.63) is 29.1 Å². The Kier molecular flexibility index (Phi) is 3.67. The van der Waals surface area contributed by atoms with Gasteiger partial charge in [-0.25, -0.2) is 4.39 Å². The largest absolute Gasteiger partial charge is 0.488 e. The van der Waals surface area contributed by atoms with Crippen LogP contribution in [0.15, 0.2) is 12.1 Å². The van der Waals surface area contributed by atoms with Crippen molar-refractivity contribution in [2.45, 2.75) is 45.8 Å². The van der Waals surface area contributed by atoms with E-state index in [1.54, 1.807) is 6.92 Å². The Labute approximate surface area is 102 Å². The highest BCUT2D eigenvalue weighted by atomic mass is 19.1. The van der Waals surface area contributed by atoms with Crippen LogP contribution in [0.2, 0.25) is 0 Å². The predicted molar refractivity (Wildman–Crippen MR) is 66.9 cm³/mol. The van der Waals surface area contributed by atoms with Crippen LogP contribution >= 0.6 is 0 Å². The van der Waals surface area contributed by atoms with E-state index in [-0.39, 0.29) is 18.0 Å². The molecule has 0 spiro atoms. The number of ether oxygens (including phenoxy) is 1. The molecule has 0 bridgehead atoms. The van der Waals surface area contributed by atoms with E-state index in [9.17, 15) is 4.39 Å². The van der Waals surface area contributed by atoms with E-state index in [0.29, 0.717) is 11.3 Å². The van der Waals surface area contributed by atoms with E-state index >= 15 is 0 Å². The van der Waals surface area contributed by atoms with Gasteiger partial charge in [0.2, 0.25) is 0 Å². The zero-order chi connectivity index (χ0) is 12.4. The number of aryl methyl sites for hydroxylation is 1. The predicted octanol–water partition coefficient (Wildman–Crippen LogP) is 3.35. The molecule has 0 saturated heterocycles. The lowest BCUT2D eigenvalue weighted by molar-refractivity contribution is 0.178. The molecule has 2 unspecified atom stereocenters. The standard InChI is InChI=1S/C14H20FNO/c1-4-6-12-14(16-5-2)10-7-9(3)11(15)8-13(10)17-12/h7-8,12,14,16H,4-6H2,1-3H3. The fraction of sp³-hybridized carbons (Fsp3) is 0.571. The van der Waals surface area contributed by atoms with Crippen molar-refractivity contribution in [1.29, 1.82) is 0 Å². The lowest BCUT2D eigenvalue weighted by Crippen LogP contribution is -2.30. The summed E-state index contributed by atoms with van der Waals surface area (Å²) in [6, 6.07) is 3.63. The summed E-state index contributed by atoms with van der Waals surface area (Å²) in [4.78, 5) is 0. The highest BCUT2D eigenvalue weighted by molar-refractivity contribution is 5.44. The third kappa shape index (κ3) is 2.29. The third-order valence-electron chi connectivity index (χ3n) is 3.27. The number of fused-ring (bicyclic) bond motifs is 1. The van der Waals surface area contributed by atoms with Crippen LogP contribution in [0.1, 0.15) is 43.9 Å². The molecule has 1 aromatic rings. The van der Waals surface area contributed by atoms with Crippen LogP contribution in [0, 0.1) is 12.7 Å². The Balaban J connectivity index is 2.32. The van der Waals surface area contributed by atoms with E-state index in [1.165, 1.54) is 6.07 Å². The van der Waals surface area contributed by atoms with E-state index in [2.05, 4.69) is 19.2 Å².